The maximum absolute atomic E-state index is 12.6. The van der Waals surface area contributed by atoms with E-state index >= 15 is 0 Å². The molecule has 5 nitrogen and oxygen atoms in total. The van der Waals surface area contributed by atoms with Crippen molar-refractivity contribution in [2.45, 2.75) is 25.4 Å². The molecule has 3 rings (SSSR count). The summed E-state index contributed by atoms with van der Waals surface area (Å²) in [4.78, 5) is 30.4. The van der Waals surface area contributed by atoms with E-state index in [4.69, 9.17) is 0 Å². The Balaban J connectivity index is 1.49. The number of piperidine rings is 1. The van der Waals surface area contributed by atoms with E-state index in [1.165, 1.54) is 18.6 Å². The van der Waals surface area contributed by atoms with Gasteiger partial charge in [0.15, 0.2) is 0 Å². The van der Waals surface area contributed by atoms with Gasteiger partial charge in [-0.2, -0.15) is 13.2 Å². The van der Waals surface area contributed by atoms with Crippen molar-refractivity contribution in [1.82, 2.24) is 14.7 Å². The number of piperazine rings is 1. The summed E-state index contributed by atoms with van der Waals surface area (Å²) in [5.41, 5.74) is -0.513. The molecule has 0 saturated carbocycles. The Labute approximate surface area is 156 Å². The summed E-state index contributed by atoms with van der Waals surface area (Å²) < 4.78 is 37.9. The molecule has 2 heterocycles. The standard InChI is InChI=1S/C19H24F3N3O2/c20-19(21,22)16-6-4-15(5-7-16)18(27)25-12-10-23(11-13-25)14-17(26)24-8-2-1-3-9-24/h4-7H,1-3,8-14H2. The third kappa shape index (κ3) is 5.00. The van der Waals surface area contributed by atoms with E-state index in [1.54, 1.807) is 4.90 Å². The largest absolute Gasteiger partial charge is 0.416 e. The summed E-state index contributed by atoms with van der Waals surface area (Å²) >= 11 is 0. The van der Waals surface area contributed by atoms with Crippen molar-refractivity contribution in [2.75, 3.05) is 45.8 Å². The lowest BCUT2D eigenvalue weighted by Gasteiger charge is -2.36. The molecule has 148 valence electrons. The summed E-state index contributed by atoms with van der Waals surface area (Å²) in [6.07, 6.45) is -1.12. The highest BCUT2D eigenvalue weighted by molar-refractivity contribution is 5.94. The Kier molecular flexibility index (Phi) is 6.04. The Morgan fingerprint density at radius 2 is 1.41 bits per heavy atom. The van der Waals surface area contributed by atoms with Crippen LogP contribution in [0.1, 0.15) is 35.2 Å². The van der Waals surface area contributed by atoms with Gasteiger partial charge in [0.1, 0.15) is 0 Å². The molecule has 0 bridgehead atoms. The number of rotatable bonds is 3. The molecular formula is C19H24F3N3O2. The Morgan fingerprint density at radius 1 is 0.815 bits per heavy atom. The first-order valence-electron chi connectivity index (χ1n) is 9.31. The van der Waals surface area contributed by atoms with Gasteiger partial charge in [-0.25, -0.2) is 0 Å². The third-order valence-electron chi connectivity index (χ3n) is 5.19. The zero-order valence-corrected chi connectivity index (χ0v) is 15.2. The van der Waals surface area contributed by atoms with Crippen LogP contribution in [-0.2, 0) is 11.0 Å². The molecule has 2 aliphatic heterocycles. The number of likely N-dealkylation sites (tertiary alicyclic amines) is 1. The summed E-state index contributed by atoms with van der Waals surface area (Å²) in [5.74, 6) is -0.136. The smallest absolute Gasteiger partial charge is 0.342 e. The molecule has 0 N–H and O–H groups in total. The number of halogens is 3. The number of carbonyl (C=O) groups excluding carboxylic acids is 2. The van der Waals surface area contributed by atoms with Crippen molar-refractivity contribution in [3.63, 3.8) is 0 Å². The van der Waals surface area contributed by atoms with Crippen molar-refractivity contribution < 1.29 is 22.8 Å². The van der Waals surface area contributed by atoms with Crippen molar-refractivity contribution in [3.05, 3.63) is 35.4 Å². The number of hydrogen-bond donors (Lipinski definition) is 0. The predicted molar refractivity (Wildman–Crippen MR) is 94.2 cm³/mol. The third-order valence-corrected chi connectivity index (χ3v) is 5.19. The van der Waals surface area contributed by atoms with Crippen LogP contribution in [0.25, 0.3) is 0 Å². The van der Waals surface area contributed by atoms with Crippen LogP contribution in [0.4, 0.5) is 13.2 Å². The number of amides is 2. The van der Waals surface area contributed by atoms with E-state index < -0.39 is 11.7 Å². The highest BCUT2D eigenvalue weighted by Crippen LogP contribution is 2.29. The van der Waals surface area contributed by atoms with Crippen molar-refractivity contribution in [3.8, 4) is 0 Å². The zero-order valence-electron chi connectivity index (χ0n) is 15.2. The minimum atomic E-state index is -4.41. The van der Waals surface area contributed by atoms with E-state index in [9.17, 15) is 22.8 Å². The molecular weight excluding hydrogens is 359 g/mol. The van der Waals surface area contributed by atoms with Crippen LogP contribution >= 0.6 is 0 Å². The second kappa shape index (κ2) is 8.29. The summed E-state index contributed by atoms with van der Waals surface area (Å²) in [5, 5.41) is 0. The molecule has 0 atom stereocenters. The number of carbonyl (C=O) groups is 2. The lowest BCUT2D eigenvalue weighted by molar-refractivity contribution is -0.137. The van der Waals surface area contributed by atoms with Gasteiger partial charge in [0.2, 0.25) is 5.91 Å². The summed E-state index contributed by atoms with van der Waals surface area (Å²) in [7, 11) is 0. The molecule has 2 aliphatic rings. The van der Waals surface area contributed by atoms with Crippen LogP contribution in [0.15, 0.2) is 24.3 Å². The minimum absolute atomic E-state index is 0.136. The normalized spacial score (nSPS) is 19.2. The summed E-state index contributed by atoms with van der Waals surface area (Å²) in [6.45, 7) is 4.12. The second-order valence-electron chi connectivity index (χ2n) is 7.08. The van der Waals surface area contributed by atoms with E-state index in [1.807, 2.05) is 9.80 Å². The van der Waals surface area contributed by atoms with Gasteiger partial charge in [-0.05, 0) is 43.5 Å². The maximum Gasteiger partial charge on any atom is 0.416 e. The van der Waals surface area contributed by atoms with Gasteiger partial charge in [-0.3, -0.25) is 14.5 Å². The Morgan fingerprint density at radius 3 is 1.96 bits per heavy atom. The predicted octanol–water partition coefficient (Wildman–Crippen LogP) is 2.48. The zero-order chi connectivity index (χ0) is 19.4. The molecule has 1 aromatic rings. The molecule has 27 heavy (non-hydrogen) atoms. The topological polar surface area (TPSA) is 43.9 Å². The Hall–Kier alpha value is -2.09. The summed E-state index contributed by atoms with van der Waals surface area (Å²) in [6, 6.07) is 4.30. The number of hydrogen-bond acceptors (Lipinski definition) is 3. The first kappa shape index (κ1) is 19.7. The lowest BCUT2D eigenvalue weighted by atomic mass is 10.1. The second-order valence-corrected chi connectivity index (χ2v) is 7.08. The van der Waals surface area contributed by atoms with Crippen LogP contribution in [0.3, 0.4) is 0 Å². The molecule has 0 aromatic heterocycles. The maximum atomic E-state index is 12.6. The molecule has 2 amide bonds. The lowest BCUT2D eigenvalue weighted by Crippen LogP contribution is -2.52. The average Bonchev–Trinajstić information content (AvgIpc) is 2.68. The molecule has 0 spiro atoms. The van der Waals surface area contributed by atoms with Gasteiger partial charge < -0.3 is 9.80 Å². The van der Waals surface area contributed by atoms with Crippen LogP contribution in [-0.4, -0.2) is 72.3 Å². The number of nitrogens with zero attached hydrogens (tertiary/aromatic N) is 3. The van der Waals surface area contributed by atoms with E-state index in [2.05, 4.69) is 0 Å². The molecule has 2 saturated heterocycles. The quantitative estimate of drug-likeness (QED) is 0.806. The van der Waals surface area contributed by atoms with Crippen LogP contribution < -0.4 is 0 Å². The highest BCUT2D eigenvalue weighted by atomic mass is 19.4. The van der Waals surface area contributed by atoms with E-state index in [0.29, 0.717) is 32.7 Å². The first-order valence-corrected chi connectivity index (χ1v) is 9.31. The molecule has 8 heteroatoms. The fourth-order valence-corrected chi connectivity index (χ4v) is 3.53. The van der Waals surface area contributed by atoms with Gasteiger partial charge >= 0.3 is 6.18 Å². The molecule has 1 aromatic carbocycles. The van der Waals surface area contributed by atoms with Crippen molar-refractivity contribution in [2.24, 2.45) is 0 Å². The van der Waals surface area contributed by atoms with Gasteiger partial charge in [-0.15, -0.1) is 0 Å². The number of benzene rings is 1. The van der Waals surface area contributed by atoms with Crippen LogP contribution in [0.5, 0.6) is 0 Å². The van der Waals surface area contributed by atoms with Crippen molar-refractivity contribution >= 4 is 11.8 Å². The molecule has 0 aliphatic carbocycles. The molecule has 0 unspecified atom stereocenters. The van der Waals surface area contributed by atoms with Crippen LogP contribution in [0.2, 0.25) is 0 Å². The fourth-order valence-electron chi connectivity index (χ4n) is 3.53. The van der Waals surface area contributed by atoms with E-state index in [-0.39, 0.29) is 17.4 Å². The number of alkyl halides is 3. The van der Waals surface area contributed by atoms with Crippen molar-refractivity contribution in [1.29, 1.82) is 0 Å². The fraction of sp³-hybridized carbons (Fsp3) is 0.579. The molecule has 0 radical (unpaired) electrons. The van der Waals surface area contributed by atoms with E-state index in [0.717, 1.165) is 38.1 Å². The van der Waals surface area contributed by atoms with Gasteiger partial charge in [-0.1, -0.05) is 0 Å². The minimum Gasteiger partial charge on any atom is -0.342 e. The van der Waals surface area contributed by atoms with Gasteiger partial charge in [0.25, 0.3) is 5.91 Å². The first-order chi connectivity index (χ1) is 12.8. The highest BCUT2D eigenvalue weighted by Gasteiger charge is 2.31. The SMILES string of the molecule is O=C(CN1CCN(C(=O)c2ccc(C(F)(F)F)cc2)CC1)N1CCCCC1. The monoisotopic (exact) mass is 383 g/mol. The Bertz CT molecular complexity index is 662. The average molecular weight is 383 g/mol. The van der Waals surface area contributed by atoms with Gasteiger partial charge in [0.05, 0.1) is 12.1 Å². The van der Waals surface area contributed by atoms with Gasteiger partial charge in [0, 0.05) is 44.8 Å². The molecule has 2 fully saturated rings. The van der Waals surface area contributed by atoms with Crippen LogP contribution in [0, 0.1) is 0 Å².